The van der Waals surface area contributed by atoms with Gasteiger partial charge in [-0.15, -0.1) is 11.3 Å². The maximum absolute atomic E-state index is 13.2. The Labute approximate surface area is 174 Å². The molecule has 146 valence electrons. The Bertz CT molecular complexity index is 1120. The molecule has 1 aliphatic rings. The minimum absolute atomic E-state index is 0.151. The van der Waals surface area contributed by atoms with Crippen LogP contribution in [0.1, 0.15) is 40.7 Å². The summed E-state index contributed by atoms with van der Waals surface area (Å²) in [6, 6.07) is 18.4. The topological polar surface area (TPSA) is 49.0 Å². The number of para-hydroxylation sites is 1. The molecule has 5 heteroatoms. The number of thiophene rings is 1. The lowest BCUT2D eigenvalue weighted by molar-refractivity contribution is -0.133. The van der Waals surface area contributed by atoms with E-state index >= 15 is 0 Å². The fraction of sp³-hybridized carbons (Fsp3) is 0.250. The van der Waals surface area contributed by atoms with E-state index in [9.17, 15) is 4.79 Å². The number of hydrogen-bond acceptors (Lipinski definition) is 3. The van der Waals surface area contributed by atoms with Crippen LogP contribution in [0.3, 0.4) is 0 Å². The summed E-state index contributed by atoms with van der Waals surface area (Å²) in [4.78, 5) is 24.8. The summed E-state index contributed by atoms with van der Waals surface area (Å²) < 4.78 is 0. The van der Waals surface area contributed by atoms with E-state index in [1.165, 1.54) is 15.8 Å². The van der Waals surface area contributed by atoms with Crippen LogP contribution >= 0.6 is 11.3 Å². The third kappa shape index (κ3) is 3.47. The van der Waals surface area contributed by atoms with Crippen LogP contribution in [-0.2, 0) is 17.6 Å². The number of H-pyrrole nitrogens is 1. The Morgan fingerprint density at radius 3 is 2.86 bits per heavy atom. The molecule has 29 heavy (non-hydrogen) atoms. The van der Waals surface area contributed by atoms with Gasteiger partial charge in [-0.2, -0.15) is 0 Å². The molecular formula is C24H23N3OS. The molecule has 4 heterocycles. The second-order valence-electron chi connectivity index (χ2n) is 7.49. The first-order valence-corrected chi connectivity index (χ1v) is 11.0. The molecule has 1 atom stereocenters. The zero-order valence-electron chi connectivity index (χ0n) is 16.2. The first-order valence-electron chi connectivity index (χ1n) is 10.1. The first-order chi connectivity index (χ1) is 14.3. The number of carbonyl (C=O) groups excluding carboxylic acids is 1. The van der Waals surface area contributed by atoms with E-state index in [1.54, 1.807) is 11.3 Å². The number of benzene rings is 1. The van der Waals surface area contributed by atoms with Crippen LogP contribution in [0.15, 0.2) is 66.2 Å². The molecule has 1 N–H and O–H groups in total. The van der Waals surface area contributed by atoms with Crippen molar-refractivity contribution in [2.75, 3.05) is 6.54 Å². The molecule has 3 aromatic heterocycles. The summed E-state index contributed by atoms with van der Waals surface area (Å²) in [5, 5.41) is 3.35. The largest absolute Gasteiger partial charge is 0.356 e. The van der Waals surface area contributed by atoms with Crippen molar-refractivity contribution >= 4 is 28.1 Å². The maximum atomic E-state index is 13.2. The summed E-state index contributed by atoms with van der Waals surface area (Å²) in [7, 11) is 0. The average Bonchev–Trinajstić information content (AvgIpc) is 3.41. The Morgan fingerprint density at radius 1 is 1.14 bits per heavy atom. The second kappa shape index (κ2) is 7.84. The monoisotopic (exact) mass is 401 g/mol. The van der Waals surface area contributed by atoms with E-state index in [2.05, 4.69) is 45.7 Å². The van der Waals surface area contributed by atoms with Crippen LogP contribution in [0.25, 0.3) is 10.9 Å². The molecule has 0 unspecified atom stereocenters. The van der Waals surface area contributed by atoms with E-state index < -0.39 is 0 Å². The number of fused-ring (bicyclic) bond motifs is 3. The standard InChI is InChI=1S/C24H23N3OS/c28-22(12-5-7-17-8-6-16-29-17)27-15-13-19-18-9-1-2-10-20(18)26-23(19)24(27)21-11-3-4-14-25-21/h1-4,6,8-11,14,16,24,26H,5,7,12-13,15H2/t24-/m1/s1. The molecule has 1 aromatic carbocycles. The number of amides is 1. The van der Waals surface area contributed by atoms with Gasteiger partial charge in [0.25, 0.3) is 0 Å². The summed E-state index contributed by atoms with van der Waals surface area (Å²) in [6.45, 7) is 0.730. The van der Waals surface area contributed by atoms with Crippen molar-refractivity contribution in [3.8, 4) is 0 Å². The molecule has 1 amide bonds. The molecule has 4 aromatic rings. The van der Waals surface area contributed by atoms with Gasteiger partial charge in [0.2, 0.25) is 5.91 Å². The number of aromatic nitrogens is 2. The number of carbonyl (C=O) groups is 1. The predicted octanol–water partition coefficient (Wildman–Crippen LogP) is 5.12. The van der Waals surface area contributed by atoms with Crippen LogP contribution in [0.2, 0.25) is 0 Å². The van der Waals surface area contributed by atoms with Crippen LogP contribution in [0.4, 0.5) is 0 Å². The van der Waals surface area contributed by atoms with Gasteiger partial charge in [0, 0.05) is 40.6 Å². The Balaban J connectivity index is 1.45. The highest BCUT2D eigenvalue weighted by Gasteiger charge is 2.34. The van der Waals surface area contributed by atoms with Crippen molar-refractivity contribution < 1.29 is 4.79 Å². The van der Waals surface area contributed by atoms with E-state index in [1.807, 2.05) is 35.4 Å². The van der Waals surface area contributed by atoms with Crippen molar-refractivity contribution in [2.24, 2.45) is 0 Å². The van der Waals surface area contributed by atoms with Gasteiger partial charge in [0.15, 0.2) is 0 Å². The molecule has 5 rings (SSSR count). The fourth-order valence-corrected chi connectivity index (χ4v) is 5.12. The van der Waals surface area contributed by atoms with Crippen LogP contribution in [0, 0.1) is 0 Å². The SMILES string of the molecule is O=C(CCCc1cccs1)N1CCc2c([nH]c3ccccc23)[C@H]1c1ccccn1. The van der Waals surface area contributed by atoms with Crippen molar-refractivity contribution in [1.29, 1.82) is 0 Å². The molecule has 0 radical (unpaired) electrons. The zero-order valence-corrected chi connectivity index (χ0v) is 17.0. The smallest absolute Gasteiger partial charge is 0.223 e. The third-order valence-corrected chi connectivity index (χ3v) is 6.65. The Hall–Kier alpha value is -2.92. The summed E-state index contributed by atoms with van der Waals surface area (Å²) in [6.07, 6.45) is 5.09. The number of aryl methyl sites for hydroxylation is 1. The number of pyridine rings is 1. The van der Waals surface area contributed by atoms with Gasteiger partial charge in [0.05, 0.1) is 5.69 Å². The maximum Gasteiger partial charge on any atom is 0.223 e. The number of nitrogens with zero attached hydrogens (tertiary/aromatic N) is 2. The number of hydrogen-bond donors (Lipinski definition) is 1. The lowest BCUT2D eigenvalue weighted by Crippen LogP contribution is -2.40. The predicted molar refractivity (Wildman–Crippen MR) is 117 cm³/mol. The highest BCUT2D eigenvalue weighted by atomic mass is 32.1. The van der Waals surface area contributed by atoms with Gasteiger partial charge in [-0.05, 0) is 54.5 Å². The third-order valence-electron chi connectivity index (χ3n) is 5.72. The van der Waals surface area contributed by atoms with Crippen molar-refractivity contribution in [1.82, 2.24) is 14.9 Å². The Kier molecular flexibility index (Phi) is 4.90. The van der Waals surface area contributed by atoms with Crippen molar-refractivity contribution in [2.45, 2.75) is 31.7 Å². The van der Waals surface area contributed by atoms with Gasteiger partial charge in [-0.25, -0.2) is 0 Å². The van der Waals surface area contributed by atoms with Crippen LogP contribution < -0.4 is 0 Å². The number of nitrogens with one attached hydrogen (secondary N) is 1. The summed E-state index contributed by atoms with van der Waals surface area (Å²) >= 11 is 1.76. The highest BCUT2D eigenvalue weighted by molar-refractivity contribution is 7.09. The van der Waals surface area contributed by atoms with Gasteiger partial charge in [-0.1, -0.05) is 30.3 Å². The van der Waals surface area contributed by atoms with Crippen molar-refractivity contribution in [3.63, 3.8) is 0 Å². The molecule has 0 aliphatic carbocycles. The molecule has 0 bridgehead atoms. The van der Waals surface area contributed by atoms with Crippen molar-refractivity contribution in [3.05, 3.63) is 88.0 Å². The lowest BCUT2D eigenvalue weighted by atomic mass is 9.94. The first kappa shape index (κ1) is 18.1. The van der Waals surface area contributed by atoms with Crippen LogP contribution in [-0.4, -0.2) is 27.3 Å². The average molecular weight is 402 g/mol. The fourth-order valence-electron chi connectivity index (χ4n) is 4.37. The molecule has 0 fully saturated rings. The molecular weight excluding hydrogens is 378 g/mol. The van der Waals surface area contributed by atoms with E-state index in [-0.39, 0.29) is 11.9 Å². The molecule has 0 saturated carbocycles. The Morgan fingerprint density at radius 2 is 2.03 bits per heavy atom. The van der Waals surface area contributed by atoms with Gasteiger partial charge >= 0.3 is 0 Å². The normalized spacial score (nSPS) is 16.1. The molecule has 0 spiro atoms. The molecule has 4 nitrogen and oxygen atoms in total. The van der Waals surface area contributed by atoms with Crippen LogP contribution in [0.5, 0.6) is 0 Å². The second-order valence-corrected chi connectivity index (χ2v) is 8.52. The highest BCUT2D eigenvalue weighted by Crippen LogP contribution is 2.38. The molecule has 1 aliphatic heterocycles. The summed E-state index contributed by atoms with van der Waals surface area (Å²) in [5.41, 5.74) is 4.48. The van der Waals surface area contributed by atoms with E-state index in [0.717, 1.165) is 42.7 Å². The van der Waals surface area contributed by atoms with E-state index in [4.69, 9.17) is 0 Å². The number of aromatic amines is 1. The minimum Gasteiger partial charge on any atom is -0.356 e. The van der Waals surface area contributed by atoms with Gasteiger partial charge in [0.1, 0.15) is 6.04 Å². The zero-order chi connectivity index (χ0) is 19.6. The minimum atomic E-state index is -0.151. The van der Waals surface area contributed by atoms with Gasteiger partial charge in [-0.3, -0.25) is 9.78 Å². The molecule has 0 saturated heterocycles. The lowest BCUT2D eigenvalue weighted by Gasteiger charge is -2.35. The number of rotatable bonds is 5. The van der Waals surface area contributed by atoms with Gasteiger partial charge < -0.3 is 9.88 Å². The van der Waals surface area contributed by atoms with E-state index in [0.29, 0.717) is 6.42 Å². The summed E-state index contributed by atoms with van der Waals surface area (Å²) in [5.74, 6) is 0.210. The quantitative estimate of drug-likeness (QED) is 0.504.